The maximum Gasteiger partial charge on any atom is 0.195 e. The van der Waals surface area contributed by atoms with Gasteiger partial charge < -0.3 is 15.6 Å². The zero-order valence-corrected chi connectivity index (χ0v) is 12.3. The van der Waals surface area contributed by atoms with Crippen LogP contribution in [0.5, 0.6) is 0 Å². The van der Waals surface area contributed by atoms with E-state index in [9.17, 15) is 14.7 Å². The summed E-state index contributed by atoms with van der Waals surface area (Å²) in [5.41, 5.74) is 7.32. The van der Waals surface area contributed by atoms with Crippen molar-refractivity contribution in [1.82, 2.24) is 0 Å². The fourth-order valence-corrected chi connectivity index (χ4v) is 2.43. The van der Waals surface area contributed by atoms with E-state index < -0.39 is 5.97 Å². The highest BCUT2D eigenvalue weighted by Gasteiger charge is 2.14. The predicted molar refractivity (Wildman–Crippen MR) is 81.2 cm³/mol. The van der Waals surface area contributed by atoms with Crippen LogP contribution < -0.4 is 10.8 Å². The SMILES string of the molecule is CSc1ccc(C(=O)c2cccc(CC(=O)[O-])c2N)cc1. The van der Waals surface area contributed by atoms with Gasteiger partial charge >= 0.3 is 0 Å². The average Bonchev–Trinajstić information content (AvgIpc) is 2.48. The molecule has 0 aliphatic carbocycles. The van der Waals surface area contributed by atoms with E-state index in [1.165, 1.54) is 0 Å². The molecule has 0 atom stereocenters. The number of aliphatic carboxylic acids is 1. The van der Waals surface area contributed by atoms with Crippen LogP contribution in [0, 0.1) is 0 Å². The predicted octanol–water partition coefficient (Wildman–Crippen LogP) is 1.51. The second-order valence-electron chi connectivity index (χ2n) is 4.48. The van der Waals surface area contributed by atoms with E-state index in [0.29, 0.717) is 16.7 Å². The summed E-state index contributed by atoms with van der Waals surface area (Å²) in [6.07, 6.45) is 1.65. The molecule has 5 heteroatoms. The van der Waals surface area contributed by atoms with Crippen LogP contribution in [-0.4, -0.2) is 18.0 Å². The Morgan fingerprint density at radius 1 is 1.14 bits per heavy atom. The molecule has 0 aliphatic heterocycles. The van der Waals surface area contributed by atoms with Crippen LogP contribution in [0.1, 0.15) is 21.5 Å². The van der Waals surface area contributed by atoms with Gasteiger partial charge in [-0.1, -0.05) is 12.1 Å². The summed E-state index contributed by atoms with van der Waals surface area (Å²) in [6, 6.07) is 12.0. The summed E-state index contributed by atoms with van der Waals surface area (Å²) < 4.78 is 0. The van der Waals surface area contributed by atoms with Gasteiger partial charge in [-0.05, 0) is 42.2 Å². The lowest BCUT2D eigenvalue weighted by Crippen LogP contribution is -2.25. The number of thioether (sulfide) groups is 1. The molecule has 108 valence electrons. The summed E-state index contributed by atoms with van der Waals surface area (Å²) in [5.74, 6) is -1.45. The molecule has 0 radical (unpaired) electrons. The molecule has 0 saturated carbocycles. The van der Waals surface area contributed by atoms with E-state index in [4.69, 9.17) is 5.73 Å². The van der Waals surface area contributed by atoms with Gasteiger partial charge in [0, 0.05) is 34.1 Å². The number of hydrogen-bond donors (Lipinski definition) is 1. The zero-order valence-electron chi connectivity index (χ0n) is 11.5. The fraction of sp³-hybridized carbons (Fsp3) is 0.125. The minimum Gasteiger partial charge on any atom is -0.550 e. The van der Waals surface area contributed by atoms with E-state index >= 15 is 0 Å². The maximum atomic E-state index is 12.5. The third kappa shape index (κ3) is 3.44. The van der Waals surface area contributed by atoms with E-state index in [1.807, 2.05) is 18.4 Å². The Morgan fingerprint density at radius 2 is 1.81 bits per heavy atom. The summed E-state index contributed by atoms with van der Waals surface area (Å²) in [6.45, 7) is 0. The molecule has 21 heavy (non-hydrogen) atoms. The summed E-state index contributed by atoms with van der Waals surface area (Å²) >= 11 is 1.59. The first-order chi connectivity index (χ1) is 10.0. The second kappa shape index (κ2) is 6.45. The number of carboxylic acids is 1. The van der Waals surface area contributed by atoms with Crippen molar-refractivity contribution in [1.29, 1.82) is 0 Å². The lowest BCUT2D eigenvalue weighted by atomic mass is 9.98. The molecule has 2 aromatic rings. The normalized spacial score (nSPS) is 10.3. The first kappa shape index (κ1) is 15.1. The van der Waals surface area contributed by atoms with Crippen molar-refractivity contribution in [2.24, 2.45) is 0 Å². The first-order valence-corrected chi connectivity index (χ1v) is 7.51. The van der Waals surface area contributed by atoms with Gasteiger partial charge in [0.05, 0.1) is 0 Å². The largest absolute Gasteiger partial charge is 0.550 e. The molecule has 0 heterocycles. The number of carbonyl (C=O) groups excluding carboxylic acids is 2. The smallest absolute Gasteiger partial charge is 0.195 e. The molecular formula is C16H14NO3S-. The van der Waals surface area contributed by atoms with Crippen molar-refractivity contribution in [3.63, 3.8) is 0 Å². The number of carboxylic acid groups (broad SMARTS) is 1. The molecule has 2 aromatic carbocycles. The van der Waals surface area contributed by atoms with Crippen LogP contribution >= 0.6 is 11.8 Å². The fourth-order valence-electron chi connectivity index (χ4n) is 2.02. The van der Waals surface area contributed by atoms with E-state index in [2.05, 4.69) is 0 Å². The van der Waals surface area contributed by atoms with Crippen LogP contribution in [0.25, 0.3) is 0 Å². The van der Waals surface area contributed by atoms with Crippen molar-refractivity contribution < 1.29 is 14.7 Å². The number of ketones is 1. The molecule has 2 N–H and O–H groups in total. The average molecular weight is 300 g/mol. The highest BCUT2D eigenvalue weighted by Crippen LogP contribution is 2.22. The molecule has 0 amide bonds. The van der Waals surface area contributed by atoms with E-state index in [-0.39, 0.29) is 17.9 Å². The van der Waals surface area contributed by atoms with Gasteiger partial charge in [-0.3, -0.25) is 4.79 Å². The van der Waals surface area contributed by atoms with Gasteiger partial charge in [0.15, 0.2) is 5.78 Å². The first-order valence-electron chi connectivity index (χ1n) is 6.29. The Labute approximate surface area is 127 Å². The van der Waals surface area contributed by atoms with E-state index in [0.717, 1.165) is 4.90 Å². The molecule has 0 unspecified atom stereocenters. The number of para-hydroxylation sites is 1. The third-order valence-corrected chi connectivity index (χ3v) is 3.87. The van der Waals surface area contributed by atoms with Crippen molar-refractivity contribution in [3.05, 3.63) is 59.2 Å². The third-order valence-electron chi connectivity index (χ3n) is 3.13. The number of nitrogen functional groups attached to an aromatic ring is 1. The number of rotatable bonds is 5. The summed E-state index contributed by atoms with van der Waals surface area (Å²) in [4.78, 5) is 24.2. The molecule has 2 rings (SSSR count). The molecule has 4 nitrogen and oxygen atoms in total. The van der Waals surface area contributed by atoms with Crippen LogP contribution in [0.15, 0.2) is 47.4 Å². The van der Waals surface area contributed by atoms with Crippen molar-refractivity contribution >= 4 is 29.2 Å². The topological polar surface area (TPSA) is 83.2 Å². The van der Waals surface area contributed by atoms with Crippen LogP contribution in [0.2, 0.25) is 0 Å². The van der Waals surface area contributed by atoms with Gasteiger partial charge in [-0.2, -0.15) is 0 Å². The van der Waals surface area contributed by atoms with Crippen molar-refractivity contribution in [3.8, 4) is 0 Å². The molecule has 0 aliphatic rings. The molecule has 0 spiro atoms. The molecule has 0 fully saturated rings. The van der Waals surface area contributed by atoms with Gasteiger partial charge in [-0.15, -0.1) is 11.8 Å². The van der Waals surface area contributed by atoms with Gasteiger partial charge in [0.1, 0.15) is 0 Å². The van der Waals surface area contributed by atoms with E-state index in [1.54, 1.807) is 42.1 Å². The summed E-state index contributed by atoms with van der Waals surface area (Å²) in [5, 5.41) is 10.7. The molecular weight excluding hydrogens is 286 g/mol. The number of nitrogens with two attached hydrogens (primary N) is 1. The Kier molecular flexibility index (Phi) is 4.65. The number of hydrogen-bond acceptors (Lipinski definition) is 5. The van der Waals surface area contributed by atoms with Crippen LogP contribution in [-0.2, 0) is 11.2 Å². The van der Waals surface area contributed by atoms with Gasteiger partial charge in [-0.25, -0.2) is 0 Å². The molecule has 0 bridgehead atoms. The quantitative estimate of drug-likeness (QED) is 0.514. The second-order valence-corrected chi connectivity index (χ2v) is 5.36. The van der Waals surface area contributed by atoms with Crippen LogP contribution in [0.3, 0.4) is 0 Å². The number of anilines is 1. The van der Waals surface area contributed by atoms with Gasteiger partial charge in [0.2, 0.25) is 0 Å². The molecule has 0 saturated heterocycles. The Hall–Kier alpha value is -2.27. The Bertz CT molecular complexity index is 680. The zero-order chi connectivity index (χ0) is 15.4. The van der Waals surface area contributed by atoms with Crippen molar-refractivity contribution in [2.45, 2.75) is 11.3 Å². The standard InChI is InChI=1S/C16H15NO3S/c1-21-12-7-5-10(6-8-12)16(20)13-4-2-3-11(15(13)17)9-14(18)19/h2-8H,9,17H2,1H3,(H,18,19)/p-1. The molecule has 0 aromatic heterocycles. The Morgan fingerprint density at radius 3 is 2.38 bits per heavy atom. The summed E-state index contributed by atoms with van der Waals surface area (Å²) in [7, 11) is 0. The maximum absolute atomic E-state index is 12.5. The minimum absolute atomic E-state index is 0.195. The highest BCUT2D eigenvalue weighted by molar-refractivity contribution is 7.98. The number of benzene rings is 2. The highest BCUT2D eigenvalue weighted by atomic mass is 32.2. The monoisotopic (exact) mass is 300 g/mol. The van der Waals surface area contributed by atoms with Crippen LogP contribution in [0.4, 0.5) is 5.69 Å². The minimum atomic E-state index is -1.23. The Balaban J connectivity index is 2.36. The lowest BCUT2D eigenvalue weighted by Gasteiger charge is -2.11. The lowest BCUT2D eigenvalue weighted by molar-refractivity contribution is -0.304. The number of carbonyl (C=O) groups is 2. The van der Waals surface area contributed by atoms with Crippen molar-refractivity contribution in [2.75, 3.05) is 12.0 Å². The van der Waals surface area contributed by atoms with Gasteiger partial charge in [0.25, 0.3) is 0 Å².